The lowest BCUT2D eigenvalue weighted by molar-refractivity contribution is 0.0310. The maximum Gasteiger partial charge on any atom is 0.164 e. The molecule has 3 aromatic rings. The van der Waals surface area contributed by atoms with Crippen molar-refractivity contribution in [3.05, 3.63) is 41.4 Å². The lowest BCUT2D eigenvalue weighted by Crippen LogP contribution is -2.32. The molecule has 9 nitrogen and oxygen atoms in total. The third-order valence-corrected chi connectivity index (χ3v) is 9.34. The number of rotatable bonds is 6. The molecule has 3 saturated heterocycles. The van der Waals surface area contributed by atoms with Gasteiger partial charge in [0.05, 0.1) is 51.2 Å². The highest BCUT2D eigenvalue weighted by Crippen LogP contribution is 2.44. The lowest BCUT2D eigenvalue weighted by atomic mass is 10.1. The van der Waals surface area contributed by atoms with E-state index in [4.69, 9.17) is 30.5 Å². The molecule has 0 radical (unpaired) electrons. The maximum atomic E-state index is 14.2. The van der Waals surface area contributed by atoms with E-state index in [1.165, 1.54) is 25.6 Å². The average Bonchev–Trinajstić information content (AvgIpc) is 3.45. The smallest absolute Gasteiger partial charge is 0.164 e. The summed E-state index contributed by atoms with van der Waals surface area (Å²) in [5.74, 6) is 1.62. The molecule has 6 rings (SSSR count). The first-order chi connectivity index (χ1) is 17.4. The number of benzene rings is 2. The zero-order valence-electron chi connectivity index (χ0n) is 19.4. The van der Waals surface area contributed by atoms with Crippen LogP contribution in [0, 0.1) is 5.82 Å². The second kappa shape index (κ2) is 9.29. The van der Waals surface area contributed by atoms with Gasteiger partial charge in [-0.1, -0.05) is 11.6 Å². The van der Waals surface area contributed by atoms with Crippen LogP contribution in [-0.2, 0) is 19.2 Å². The van der Waals surface area contributed by atoms with E-state index in [1.807, 2.05) is 0 Å². The number of nitrogens with one attached hydrogen (secondary N) is 1. The molecule has 190 valence electrons. The molecule has 3 aliphatic heterocycles. The van der Waals surface area contributed by atoms with Crippen molar-refractivity contribution in [2.24, 2.45) is 4.36 Å². The van der Waals surface area contributed by atoms with Crippen LogP contribution < -0.4 is 14.8 Å². The summed E-state index contributed by atoms with van der Waals surface area (Å²) in [7, 11) is -0.815. The minimum Gasteiger partial charge on any atom is -0.493 e. The van der Waals surface area contributed by atoms with Gasteiger partial charge >= 0.3 is 0 Å². The fourth-order valence-corrected chi connectivity index (χ4v) is 6.50. The van der Waals surface area contributed by atoms with Crippen LogP contribution in [0.15, 0.2) is 35.0 Å². The predicted molar refractivity (Wildman–Crippen MR) is 134 cm³/mol. The van der Waals surface area contributed by atoms with Crippen LogP contribution in [0.1, 0.15) is 12.8 Å². The van der Waals surface area contributed by atoms with Gasteiger partial charge in [0, 0.05) is 24.2 Å². The average molecular weight is 535 g/mol. The molecule has 0 amide bonds. The Balaban J connectivity index is 1.38. The van der Waals surface area contributed by atoms with Crippen molar-refractivity contribution >= 4 is 49.4 Å². The predicted octanol–water partition coefficient (Wildman–Crippen LogP) is 4.61. The van der Waals surface area contributed by atoms with Crippen LogP contribution in [0.4, 0.5) is 21.6 Å². The number of ether oxygens (including phenoxy) is 4. The SMILES string of the molecule is COc1c(N=S2(=O)CCC2)cc2ncnc(Nc3ccc(F)cc3OC3CO[C@@H]4CCO[C@H]34)c2c1Cl. The molecule has 0 saturated carbocycles. The fraction of sp³-hybridized carbons (Fsp3) is 0.417. The van der Waals surface area contributed by atoms with Gasteiger partial charge in [-0.15, -0.1) is 0 Å². The monoisotopic (exact) mass is 534 g/mol. The van der Waals surface area contributed by atoms with Gasteiger partial charge in [-0.25, -0.2) is 18.6 Å². The standard InChI is InChI=1S/C24H24ClFN4O5S/c1-32-22-16(30-36(31)7-2-8-36)10-15-20(21(22)25)24(28-12-27-15)29-14-4-3-13(26)9-18(14)35-19-11-34-17-5-6-33-23(17)19/h3-4,9-10,12,17,19,23H,2,5-8,11H2,1H3,(H,27,28,29)/t17-,19?,23+/m1/s1. The van der Waals surface area contributed by atoms with Gasteiger partial charge in [-0.3, -0.25) is 0 Å². The van der Waals surface area contributed by atoms with Gasteiger partial charge in [0.2, 0.25) is 0 Å². The van der Waals surface area contributed by atoms with E-state index in [1.54, 1.807) is 12.1 Å². The summed E-state index contributed by atoms with van der Waals surface area (Å²) in [4.78, 5) is 8.71. The zero-order chi connectivity index (χ0) is 24.9. The third kappa shape index (κ3) is 4.23. The zero-order valence-corrected chi connectivity index (χ0v) is 21.0. The van der Waals surface area contributed by atoms with E-state index in [0.717, 1.165) is 12.8 Å². The molecular weight excluding hydrogens is 511 g/mol. The number of hydrogen-bond donors (Lipinski definition) is 1. The van der Waals surface area contributed by atoms with E-state index in [0.29, 0.717) is 64.3 Å². The minimum absolute atomic E-state index is 0.00769. The molecule has 0 spiro atoms. The van der Waals surface area contributed by atoms with Gasteiger partial charge in [0.1, 0.15) is 35.5 Å². The summed E-state index contributed by atoms with van der Waals surface area (Å²) in [6, 6.07) is 5.89. The number of nitrogens with zero attached hydrogens (tertiary/aromatic N) is 3. The Morgan fingerprint density at radius 1 is 1.25 bits per heavy atom. The highest BCUT2D eigenvalue weighted by atomic mass is 35.5. The van der Waals surface area contributed by atoms with E-state index in [9.17, 15) is 8.60 Å². The van der Waals surface area contributed by atoms with Crippen LogP contribution in [-0.4, -0.2) is 64.3 Å². The minimum atomic E-state index is -2.29. The largest absolute Gasteiger partial charge is 0.493 e. The van der Waals surface area contributed by atoms with Crippen molar-refractivity contribution in [2.45, 2.75) is 31.2 Å². The van der Waals surface area contributed by atoms with Crippen molar-refractivity contribution in [3.63, 3.8) is 0 Å². The Hall–Kier alpha value is -2.73. The first-order valence-electron chi connectivity index (χ1n) is 11.6. The highest BCUT2D eigenvalue weighted by molar-refractivity contribution is 7.95. The second-order valence-corrected chi connectivity index (χ2v) is 11.8. The summed E-state index contributed by atoms with van der Waals surface area (Å²) in [5, 5.41) is 3.92. The number of fused-ring (bicyclic) bond motifs is 2. The summed E-state index contributed by atoms with van der Waals surface area (Å²) in [5.41, 5.74) is 1.37. The molecule has 36 heavy (non-hydrogen) atoms. The van der Waals surface area contributed by atoms with Gasteiger partial charge in [0.15, 0.2) is 11.9 Å². The Kier molecular flexibility index (Phi) is 6.11. The molecular formula is C24H24ClFN4O5S. The first kappa shape index (κ1) is 23.7. The first-order valence-corrected chi connectivity index (χ1v) is 13.9. The van der Waals surface area contributed by atoms with Gasteiger partial charge < -0.3 is 24.3 Å². The third-order valence-electron chi connectivity index (χ3n) is 6.59. The summed E-state index contributed by atoms with van der Waals surface area (Å²) < 4.78 is 54.6. The van der Waals surface area contributed by atoms with Crippen LogP contribution in [0.5, 0.6) is 11.5 Å². The Morgan fingerprint density at radius 3 is 2.89 bits per heavy atom. The molecule has 2 aromatic carbocycles. The quantitative estimate of drug-likeness (QED) is 0.489. The Labute approximate surface area is 212 Å². The number of anilines is 2. The Morgan fingerprint density at radius 2 is 2.11 bits per heavy atom. The maximum absolute atomic E-state index is 14.2. The fourth-order valence-electron chi connectivity index (χ4n) is 4.68. The number of methoxy groups -OCH3 is 1. The molecule has 3 fully saturated rings. The highest BCUT2D eigenvalue weighted by Gasteiger charge is 2.43. The molecule has 1 N–H and O–H groups in total. The van der Waals surface area contributed by atoms with Crippen LogP contribution in [0.3, 0.4) is 0 Å². The molecule has 1 aromatic heterocycles. The van der Waals surface area contributed by atoms with E-state index >= 15 is 0 Å². The summed E-state index contributed by atoms with van der Waals surface area (Å²) >= 11 is 6.75. The van der Waals surface area contributed by atoms with E-state index in [2.05, 4.69) is 19.6 Å². The van der Waals surface area contributed by atoms with Crippen molar-refractivity contribution in [1.82, 2.24) is 9.97 Å². The molecule has 12 heteroatoms. The van der Waals surface area contributed by atoms with Crippen molar-refractivity contribution in [2.75, 3.05) is 37.1 Å². The topological polar surface area (TPSA) is 104 Å². The molecule has 3 atom stereocenters. The lowest BCUT2D eigenvalue weighted by Gasteiger charge is -2.21. The molecule has 0 aliphatic carbocycles. The van der Waals surface area contributed by atoms with Gasteiger partial charge in [0.25, 0.3) is 0 Å². The number of aromatic nitrogens is 2. The van der Waals surface area contributed by atoms with Crippen LogP contribution in [0.25, 0.3) is 10.9 Å². The van der Waals surface area contributed by atoms with Crippen molar-refractivity contribution in [1.29, 1.82) is 0 Å². The summed E-state index contributed by atoms with van der Waals surface area (Å²) in [6.07, 6.45) is 2.52. The van der Waals surface area contributed by atoms with Crippen LogP contribution in [0.2, 0.25) is 5.02 Å². The van der Waals surface area contributed by atoms with E-state index < -0.39 is 15.5 Å². The molecule has 4 heterocycles. The summed E-state index contributed by atoms with van der Waals surface area (Å²) in [6.45, 7) is 0.972. The number of hydrogen-bond acceptors (Lipinski definition) is 9. The second-order valence-electron chi connectivity index (χ2n) is 8.90. The Bertz CT molecular complexity index is 1450. The molecule has 1 unspecified atom stereocenters. The van der Waals surface area contributed by atoms with Crippen molar-refractivity contribution in [3.8, 4) is 11.5 Å². The molecule has 0 bridgehead atoms. The number of halogens is 2. The van der Waals surface area contributed by atoms with Gasteiger partial charge in [-0.2, -0.15) is 4.36 Å². The molecule has 3 aliphatic rings. The normalized spacial score (nSPS) is 24.2. The van der Waals surface area contributed by atoms with E-state index in [-0.39, 0.29) is 23.3 Å². The van der Waals surface area contributed by atoms with Crippen molar-refractivity contribution < 1.29 is 27.5 Å². The van der Waals surface area contributed by atoms with Crippen LogP contribution >= 0.6 is 11.6 Å². The van der Waals surface area contributed by atoms with Gasteiger partial charge in [-0.05, 0) is 31.0 Å².